The molecule has 0 aromatic carbocycles. The van der Waals surface area contributed by atoms with Crippen LogP contribution in [0.1, 0.15) is 19.8 Å². The molecule has 4 atom stereocenters. The number of fused-ring (bicyclic) bond motifs is 1. The van der Waals surface area contributed by atoms with Gasteiger partial charge in [-0.2, -0.15) is 0 Å². The first-order valence-electron chi connectivity index (χ1n) is 8.86. The molecule has 0 amide bonds. The average molecular weight is 340 g/mol. The Balaban J connectivity index is 1.83. The van der Waals surface area contributed by atoms with Gasteiger partial charge in [-0.1, -0.05) is 0 Å². The summed E-state index contributed by atoms with van der Waals surface area (Å²) in [6.45, 7) is 6.47. The molecule has 2 fully saturated rings. The highest BCUT2D eigenvalue weighted by Crippen LogP contribution is 2.38. The number of ketones is 1. The number of hydrogen-bond acceptors (Lipinski definition) is 5. The first-order chi connectivity index (χ1) is 11.6. The van der Waals surface area contributed by atoms with Gasteiger partial charge in [-0.05, 0) is 19.8 Å². The second-order valence-corrected chi connectivity index (χ2v) is 6.86. The number of nitrogens with two attached hydrogens (primary N) is 1. The summed E-state index contributed by atoms with van der Waals surface area (Å²) in [5.74, 6) is -1.34. The molecule has 2 aliphatic heterocycles. The van der Waals surface area contributed by atoms with Crippen LogP contribution in [0.4, 0.5) is 4.39 Å². The van der Waals surface area contributed by atoms with Gasteiger partial charge in [0.1, 0.15) is 11.7 Å². The Bertz CT molecular complexity index is 533. The molecular formula is C17H27FN3O3+. The molecule has 6 nitrogen and oxygen atoms in total. The van der Waals surface area contributed by atoms with Crippen LogP contribution in [-0.4, -0.2) is 79.6 Å². The molecule has 2 heterocycles. The zero-order valence-electron chi connectivity index (χ0n) is 14.4. The molecule has 0 spiro atoms. The maximum Gasteiger partial charge on any atom is 0.342 e. The Morgan fingerprint density at radius 3 is 2.67 bits per heavy atom. The summed E-state index contributed by atoms with van der Waals surface area (Å²) in [4.78, 5) is 28.8. The van der Waals surface area contributed by atoms with E-state index in [0.717, 1.165) is 26.2 Å². The van der Waals surface area contributed by atoms with E-state index in [-0.39, 0.29) is 29.9 Å². The number of Topliss-reactive ketones (excluding diaryl/α,β-unsaturated/α-hetero) is 1. The number of quaternary nitrogens is 1. The molecular weight excluding hydrogens is 313 g/mol. The molecule has 1 saturated carbocycles. The Hall–Kier alpha value is -1.47. The minimum Gasteiger partial charge on any atom is -0.465 e. The van der Waals surface area contributed by atoms with E-state index < -0.39 is 18.1 Å². The van der Waals surface area contributed by atoms with Crippen LogP contribution in [-0.2, 0) is 14.3 Å². The summed E-state index contributed by atoms with van der Waals surface area (Å²) in [6, 6.07) is -0.159. The van der Waals surface area contributed by atoms with Gasteiger partial charge in [0.2, 0.25) is 0 Å². The van der Waals surface area contributed by atoms with E-state index in [1.807, 2.05) is 11.8 Å². The van der Waals surface area contributed by atoms with Crippen molar-refractivity contribution < 1.29 is 24.0 Å². The number of halogens is 1. The highest BCUT2D eigenvalue weighted by atomic mass is 19.1. The molecule has 3 rings (SSSR count). The molecule has 1 aliphatic carbocycles. The summed E-state index contributed by atoms with van der Waals surface area (Å²) in [6.07, 6.45) is 1.42. The van der Waals surface area contributed by atoms with E-state index >= 15 is 0 Å². The smallest absolute Gasteiger partial charge is 0.342 e. The number of hydrogen-bond donors (Lipinski definition) is 1. The number of nitrogens with zero attached hydrogens (tertiary/aromatic N) is 2. The number of esters is 1. The van der Waals surface area contributed by atoms with Crippen LogP contribution in [0.2, 0.25) is 0 Å². The minimum absolute atomic E-state index is 0.0289. The van der Waals surface area contributed by atoms with Gasteiger partial charge in [0.25, 0.3) is 0 Å². The number of carbonyl (C=O) groups excluding carboxylic acids is 2. The van der Waals surface area contributed by atoms with E-state index in [1.54, 1.807) is 6.20 Å². The van der Waals surface area contributed by atoms with Crippen molar-refractivity contribution in [2.24, 2.45) is 5.92 Å². The van der Waals surface area contributed by atoms with Crippen LogP contribution in [0.25, 0.3) is 0 Å². The molecule has 1 saturated heterocycles. The van der Waals surface area contributed by atoms with Gasteiger partial charge < -0.3 is 15.0 Å². The van der Waals surface area contributed by atoms with Crippen molar-refractivity contribution >= 4 is 11.8 Å². The van der Waals surface area contributed by atoms with E-state index in [9.17, 15) is 14.0 Å². The summed E-state index contributed by atoms with van der Waals surface area (Å²) in [5, 5.41) is 2.25. The highest BCUT2D eigenvalue weighted by molar-refractivity contribution is 6.18. The lowest BCUT2D eigenvalue weighted by atomic mass is 9.73. The van der Waals surface area contributed by atoms with Gasteiger partial charge in [0, 0.05) is 43.8 Å². The first-order valence-corrected chi connectivity index (χ1v) is 8.86. The summed E-state index contributed by atoms with van der Waals surface area (Å²) < 4.78 is 19.6. The molecule has 0 aromatic heterocycles. The number of ether oxygens (including phenoxy) is 1. The molecule has 0 aromatic rings. The van der Waals surface area contributed by atoms with E-state index in [4.69, 9.17) is 4.74 Å². The Morgan fingerprint density at radius 2 is 2.04 bits per heavy atom. The number of methoxy groups -OCH3 is 1. The second-order valence-electron chi connectivity index (χ2n) is 6.86. The minimum atomic E-state index is -1.02. The van der Waals surface area contributed by atoms with E-state index in [0.29, 0.717) is 13.0 Å². The van der Waals surface area contributed by atoms with Crippen molar-refractivity contribution in [3.63, 3.8) is 0 Å². The molecule has 2 N–H and O–H groups in total. The maximum absolute atomic E-state index is 14.9. The lowest BCUT2D eigenvalue weighted by Gasteiger charge is -2.48. The molecule has 3 aliphatic rings. The number of alkyl halides is 1. The zero-order chi connectivity index (χ0) is 17.3. The van der Waals surface area contributed by atoms with Crippen molar-refractivity contribution in [2.45, 2.75) is 38.0 Å². The largest absolute Gasteiger partial charge is 0.465 e. The van der Waals surface area contributed by atoms with Gasteiger partial charge in [-0.25, -0.2) is 9.18 Å². The van der Waals surface area contributed by atoms with E-state index in [1.165, 1.54) is 7.11 Å². The number of carbonyl (C=O) groups is 2. The third-order valence-electron chi connectivity index (χ3n) is 5.65. The Kier molecular flexibility index (Phi) is 5.20. The predicted molar refractivity (Wildman–Crippen MR) is 85.9 cm³/mol. The number of rotatable bonds is 3. The van der Waals surface area contributed by atoms with Crippen LogP contribution in [0.5, 0.6) is 0 Å². The third-order valence-corrected chi connectivity index (χ3v) is 5.65. The fourth-order valence-electron chi connectivity index (χ4n) is 4.36. The first kappa shape index (κ1) is 17.4. The third kappa shape index (κ3) is 3.07. The van der Waals surface area contributed by atoms with Gasteiger partial charge in [-0.15, -0.1) is 0 Å². The summed E-state index contributed by atoms with van der Waals surface area (Å²) in [7, 11) is 1.26. The lowest BCUT2D eigenvalue weighted by Crippen LogP contribution is -2.90. The Labute approximate surface area is 142 Å². The van der Waals surface area contributed by atoms with Crippen molar-refractivity contribution in [1.82, 2.24) is 9.80 Å². The van der Waals surface area contributed by atoms with Crippen molar-refractivity contribution in [2.75, 3.05) is 39.8 Å². The molecule has 24 heavy (non-hydrogen) atoms. The predicted octanol–water partition coefficient (Wildman–Crippen LogP) is -0.688. The van der Waals surface area contributed by atoms with E-state index in [2.05, 4.69) is 10.2 Å². The topological polar surface area (TPSA) is 66.5 Å². The van der Waals surface area contributed by atoms with Crippen LogP contribution in [0.3, 0.4) is 0 Å². The average Bonchev–Trinajstić information content (AvgIpc) is 2.62. The molecule has 134 valence electrons. The van der Waals surface area contributed by atoms with Crippen molar-refractivity contribution in [1.29, 1.82) is 0 Å². The summed E-state index contributed by atoms with van der Waals surface area (Å²) in [5.41, 5.74) is 0.0545. The molecule has 0 radical (unpaired) electrons. The van der Waals surface area contributed by atoms with Crippen LogP contribution >= 0.6 is 0 Å². The van der Waals surface area contributed by atoms with Crippen LogP contribution < -0.4 is 5.32 Å². The number of piperazine rings is 1. The lowest BCUT2D eigenvalue weighted by molar-refractivity contribution is -0.663. The monoisotopic (exact) mass is 340 g/mol. The summed E-state index contributed by atoms with van der Waals surface area (Å²) >= 11 is 0. The SMILES string of the molecule is CCN1C=C(C(=O)OC)C(=O)C2CC(F)C(N3CC[NH2+]CC3)CC21. The highest BCUT2D eigenvalue weighted by Gasteiger charge is 2.48. The quantitative estimate of drug-likeness (QED) is 0.544. The van der Waals surface area contributed by atoms with Crippen LogP contribution in [0.15, 0.2) is 11.8 Å². The zero-order valence-corrected chi connectivity index (χ0v) is 14.4. The van der Waals surface area contributed by atoms with Gasteiger partial charge in [0.15, 0.2) is 5.78 Å². The van der Waals surface area contributed by atoms with Crippen LogP contribution in [0, 0.1) is 5.92 Å². The fourth-order valence-corrected chi connectivity index (χ4v) is 4.36. The van der Waals surface area contributed by atoms with Gasteiger partial charge in [0.05, 0.1) is 20.2 Å². The second kappa shape index (κ2) is 7.19. The standard InChI is InChI=1S/C17H26FN3O3/c1-3-20-10-12(17(23)24-2)16(22)11-8-13(18)15(9-14(11)20)21-6-4-19-5-7-21/h10-11,13-15,19H,3-9H2,1-2H3/p+1. The molecule has 0 bridgehead atoms. The Morgan fingerprint density at radius 1 is 1.33 bits per heavy atom. The maximum atomic E-state index is 14.9. The van der Waals surface area contributed by atoms with Crippen molar-refractivity contribution in [3.8, 4) is 0 Å². The fraction of sp³-hybridized carbons (Fsp3) is 0.765. The van der Waals surface area contributed by atoms with Gasteiger partial charge in [-0.3, -0.25) is 9.69 Å². The molecule has 7 heteroatoms. The van der Waals surface area contributed by atoms with Crippen molar-refractivity contribution in [3.05, 3.63) is 11.8 Å². The normalized spacial score (nSPS) is 34.5. The van der Waals surface area contributed by atoms with Gasteiger partial charge >= 0.3 is 5.97 Å². The molecule has 4 unspecified atom stereocenters.